The predicted molar refractivity (Wildman–Crippen MR) is 100.0 cm³/mol. The van der Waals surface area contributed by atoms with Crippen molar-refractivity contribution in [2.75, 3.05) is 19.3 Å². The molecule has 4 rings (SSSR count). The highest BCUT2D eigenvalue weighted by molar-refractivity contribution is 7.88. The van der Waals surface area contributed by atoms with E-state index >= 15 is 0 Å². The van der Waals surface area contributed by atoms with Gasteiger partial charge >= 0.3 is 0 Å². The molecule has 4 heterocycles. The maximum Gasteiger partial charge on any atom is 0.211 e. The molecular formula is C18H21N5O2S. The minimum Gasteiger partial charge on any atom is -0.345 e. The summed E-state index contributed by atoms with van der Waals surface area (Å²) in [4.78, 5) is 16.7. The fourth-order valence-corrected chi connectivity index (χ4v) is 4.50. The highest BCUT2D eigenvalue weighted by Gasteiger charge is 2.27. The van der Waals surface area contributed by atoms with E-state index in [2.05, 4.69) is 19.9 Å². The highest BCUT2D eigenvalue weighted by Crippen LogP contribution is 2.27. The molecule has 8 heteroatoms. The number of nitrogens with zero attached hydrogens (tertiary/aromatic N) is 4. The van der Waals surface area contributed by atoms with Crippen LogP contribution in [0.2, 0.25) is 0 Å². The number of H-pyrrole nitrogens is 1. The first-order chi connectivity index (χ1) is 12.5. The minimum atomic E-state index is -3.14. The molecule has 1 aliphatic rings. The lowest BCUT2D eigenvalue weighted by atomic mass is 9.92. The first-order valence-electron chi connectivity index (χ1n) is 8.70. The van der Waals surface area contributed by atoms with Crippen molar-refractivity contribution in [1.29, 1.82) is 0 Å². The molecule has 3 aromatic rings. The highest BCUT2D eigenvalue weighted by atomic mass is 32.2. The van der Waals surface area contributed by atoms with Gasteiger partial charge < -0.3 is 4.98 Å². The quantitative estimate of drug-likeness (QED) is 0.759. The standard InChI is InChI=1S/C18H21N5O2S/c1-26(24,25)23-9-3-4-13(12-23)10-16-14(5-2-7-19-16)17-11-21-18-15(22-17)6-8-20-18/h2,5-8,11,13H,3-4,9-10,12H2,1H3,(H,20,21)/t13-/m1/s1. The topological polar surface area (TPSA) is 91.8 Å². The van der Waals surface area contributed by atoms with Gasteiger partial charge in [0, 0.05) is 31.0 Å². The second-order valence-electron chi connectivity index (χ2n) is 6.80. The lowest BCUT2D eigenvalue weighted by Crippen LogP contribution is -2.39. The van der Waals surface area contributed by atoms with E-state index in [-0.39, 0.29) is 5.92 Å². The van der Waals surface area contributed by atoms with Crippen molar-refractivity contribution in [2.24, 2.45) is 5.92 Å². The maximum absolute atomic E-state index is 11.9. The summed E-state index contributed by atoms with van der Waals surface area (Å²) >= 11 is 0. The molecule has 1 atom stereocenters. The zero-order chi connectivity index (χ0) is 18.1. The van der Waals surface area contributed by atoms with Crippen molar-refractivity contribution in [2.45, 2.75) is 19.3 Å². The van der Waals surface area contributed by atoms with E-state index < -0.39 is 10.0 Å². The fourth-order valence-electron chi connectivity index (χ4n) is 3.56. The number of aromatic amines is 1. The molecule has 26 heavy (non-hydrogen) atoms. The number of rotatable bonds is 4. The molecular weight excluding hydrogens is 350 g/mol. The van der Waals surface area contributed by atoms with Crippen LogP contribution in [0, 0.1) is 5.92 Å². The van der Waals surface area contributed by atoms with Crippen LogP contribution in [0.5, 0.6) is 0 Å². The summed E-state index contributed by atoms with van der Waals surface area (Å²) in [5, 5.41) is 0. The first kappa shape index (κ1) is 17.1. The monoisotopic (exact) mass is 371 g/mol. The number of fused-ring (bicyclic) bond motifs is 1. The smallest absolute Gasteiger partial charge is 0.211 e. The first-order valence-corrected chi connectivity index (χ1v) is 10.5. The molecule has 0 aromatic carbocycles. The van der Waals surface area contributed by atoms with Gasteiger partial charge in [0.25, 0.3) is 0 Å². The van der Waals surface area contributed by atoms with Crippen molar-refractivity contribution < 1.29 is 8.42 Å². The lowest BCUT2D eigenvalue weighted by Gasteiger charge is -2.31. The minimum absolute atomic E-state index is 0.260. The Morgan fingerprint density at radius 1 is 1.31 bits per heavy atom. The molecule has 136 valence electrons. The fraction of sp³-hybridized carbons (Fsp3) is 0.389. The molecule has 0 unspecified atom stereocenters. The van der Waals surface area contributed by atoms with Gasteiger partial charge in [-0.05, 0) is 43.4 Å². The largest absolute Gasteiger partial charge is 0.345 e. The Kier molecular flexibility index (Phi) is 4.46. The Balaban J connectivity index is 1.61. The van der Waals surface area contributed by atoms with E-state index in [0.717, 1.165) is 47.4 Å². The van der Waals surface area contributed by atoms with Gasteiger partial charge in [0.15, 0.2) is 5.65 Å². The van der Waals surface area contributed by atoms with Gasteiger partial charge in [0.2, 0.25) is 10.0 Å². The number of sulfonamides is 1. The van der Waals surface area contributed by atoms with Gasteiger partial charge in [-0.25, -0.2) is 22.7 Å². The van der Waals surface area contributed by atoms with E-state index in [4.69, 9.17) is 0 Å². The molecule has 1 saturated heterocycles. The summed E-state index contributed by atoms with van der Waals surface area (Å²) in [6, 6.07) is 5.79. The van der Waals surface area contributed by atoms with Crippen molar-refractivity contribution in [3.8, 4) is 11.3 Å². The number of hydrogen-bond acceptors (Lipinski definition) is 5. The van der Waals surface area contributed by atoms with E-state index in [0.29, 0.717) is 13.1 Å². The van der Waals surface area contributed by atoms with E-state index in [1.54, 1.807) is 16.7 Å². The van der Waals surface area contributed by atoms with Crippen LogP contribution in [0.3, 0.4) is 0 Å². The molecule has 1 aliphatic heterocycles. The summed E-state index contributed by atoms with van der Waals surface area (Å²) < 4.78 is 25.3. The van der Waals surface area contributed by atoms with Crippen LogP contribution in [0.1, 0.15) is 18.5 Å². The third-order valence-corrected chi connectivity index (χ3v) is 6.13. The zero-order valence-electron chi connectivity index (χ0n) is 14.6. The normalized spacial score (nSPS) is 19.0. The number of nitrogens with one attached hydrogen (secondary N) is 1. The van der Waals surface area contributed by atoms with Crippen molar-refractivity contribution in [1.82, 2.24) is 24.2 Å². The second kappa shape index (κ2) is 6.77. The van der Waals surface area contributed by atoms with Crippen molar-refractivity contribution >= 4 is 21.2 Å². The Morgan fingerprint density at radius 3 is 3.04 bits per heavy atom. The molecule has 3 aromatic heterocycles. The number of pyridine rings is 1. The van der Waals surface area contributed by atoms with E-state index in [1.807, 2.05) is 24.4 Å². The lowest BCUT2D eigenvalue weighted by molar-refractivity contribution is 0.265. The van der Waals surface area contributed by atoms with Crippen molar-refractivity contribution in [3.63, 3.8) is 0 Å². The van der Waals surface area contributed by atoms with Crippen LogP contribution >= 0.6 is 0 Å². The van der Waals surface area contributed by atoms with Crippen LogP contribution in [-0.4, -0.2) is 52.0 Å². The molecule has 0 amide bonds. The van der Waals surface area contributed by atoms with Gasteiger partial charge in [0.05, 0.1) is 23.8 Å². The number of aromatic nitrogens is 4. The summed E-state index contributed by atoms with van der Waals surface area (Å²) in [6.07, 6.45) is 9.25. The molecule has 7 nitrogen and oxygen atoms in total. The van der Waals surface area contributed by atoms with E-state index in [1.165, 1.54) is 6.26 Å². The third-order valence-electron chi connectivity index (χ3n) is 4.86. The average Bonchev–Trinajstić information content (AvgIpc) is 3.09. The SMILES string of the molecule is CS(=O)(=O)N1CCC[C@H](Cc2ncccc2-c2cnc3[nH]ccc3n2)C1. The number of hydrogen-bond donors (Lipinski definition) is 1. The van der Waals surface area contributed by atoms with Gasteiger partial charge in [-0.1, -0.05) is 0 Å². The van der Waals surface area contributed by atoms with Crippen LogP contribution in [-0.2, 0) is 16.4 Å². The summed E-state index contributed by atoms with van der Waals surface area (Å²) in [5.74, 6) is 0.260. The molecule has 1 N–H and O–H groups in total. The Morgan fingerprint density at radius 2 is 2.19 bits per heavy atom. The van der Waals surface area contributed by atoms with E-state index in [9.17, 15) is 8.42 Å². The molecule has 0 spiro atoms. The number of piperidine rings is 1. The zero-order valence-corrected chi connectivity index (χ0v) is 15.4. The summed E-state index contributed by atoms with van der Waals surface area (Å²) in [5.41, 5.74) is 4.26. The van der Waals surface area contributed by atoms with Crippen LogP contribution in [0.4, 0.5) is 0 Å². The Hall–Kier alpha value is -2.32. The van der Waals surface area contributed by atoms with Gasteiger partial charge in [-0.3, -0.25) is 4.98 Å². The molecule has 1 fully saturated rings. The van der Waals surface area contributed by atoms with Crippen molar-refractivity contribution in [3.05, 3.63) is 42.5 Å². The molecule has 0 radical (unpaired) electrons. The van der Waals surface area contributed by atoms with Crippen LogP contribution < -0.4 is 0 Å². The molecule has 0 saturated carbocycles. The van der Waals surface area contributed by atoms with Crippen LogP contribution in [0.15, 0.2) is 36.8 Å². The summed E-state index contributed by atoms with van der Waals surface area (Å²) in [7, 11) is -3.14. The van der Waals surface area contributed by atoms with Gasteiger partial charge in [0.1, 0.15) is 5.52 Å². The maximum atomic E-state index is 11.9. The third kappa shape index (κ3) is 3.47. The van der Waals surface area contributed by atoms with Crippen LogP contribution in [0.25, 0.3) is 22.4 Å². The van der Waals surface area contributed by atoms with Gasteiger partial charge in [-0.2, -0.15) is 0 Å². The Labute approximate surface area is 152 Å². The molecule has 0 bridgehead atoms. The molecule has 0 aliphatic carbocycles. The second-order valence-corrected chi connectivity index (χ2v) is 8.78. The van der Waals surface area contributed by atoms with Gasteiger partial charge in [-0.15, -0.1) is 0 Å². The summed E-state index contributed by atoms with van der Waals surface area (Å²) in [6.45, 7) is 1.16. The Bertz CT molecular complexity index is 1030. The predicted octanol–water partition coefficient (Wildman–Crippen LogP) is 2.23. The average molecular weight is 371 g/mol.